The van der Waals surface area contributed by atoms with Crippen molar-refractivity contribution in [2.24, 2.45) is 0 Å². The standard InChI is InChI=1S/C11H10FNO3/c1-7(11(14)15)16-6-9-4-2-3-8(5-13)10(9)12/h2-4,7H,6H2,1H3,(H,14,15)/t7-/m1/s1. The van der Waals surface area contributed by atoms with E-state index in [1.165, 1.54) is 25.1 Å². The number of nitrogens with zero attached hydrogens (tertiary/aromatic N) is 1. The number of aliphatic carboxylic acids is 1. The molecule has 0 fully saturated rings. The van der Waals surface area contributed by atoms with Crippen LogP contribution < -0.4 is 0 Å². The molecule has 1 atom stereocenters. The number of halogens is 1. The van der Waals surface area contributed by atoms with Crippen LogP contribution in [0.15, 0.2) is 18.2 Å². The summed E-state index contributed by atoms with van der Waals surface area (Å²) in [6.07, 6.45) is -1.01. The Balaban J connectivity index is 2.76. The SMILES string of the molecule is C[C@@H](OCc1cccc(C#N)c1F)C(=O)O. The van der Waals surface area contributed by atoms with Crippen molar-refractivity contribution in [3.63, 3.8) is 0 Å². The molecule has 1 N–H and O–H groups in total. The van der Waals surface area contributed by atoms with Crippen molar-refractivity contribution in [3.8, 4) is 6.07 Å². The summed E-state index contributed by atoms with van der Waals surface area (Å²) < 4.78 is 18.4. The summed E-state index contributed by atoms with van der Waals surface area (Å²) in [6, 6.07) is 6.01. The quantitative estimate of drug-likeness (QED) is 0.843. The Bertz CT molecular complexity index is 439. The van der Waals surface area contributed by atoms with Crippen molar-refractivity contribution < 1.29 is 19.0 Å². The van der Waals surface area contributed by atoms with E-state index in [0.717, 1.165) is 0 Å². The largest absolute Gasteiger partial charge is 0.479 e. The van der Waals surface area contributed by atoms with Gasteiger partial charge in [0.15, 0.2) is 6.10 Å². The molecule has 84 valence electrons. The Morgan fingerprint density at radius 2 is 2.38 bits per heavy atom. The van der Waals surface area contributed by atoms with Gasteiger partial charge in [0, 0.05) is 5.56 Å². The number of carboxylic acid groups (broad SMARTS) is 1. The minimum absolute atomic E-state index is 0.0796. The molecular weight excluding hydrogens is 213 g/mol. The number of benzene rings is 1. The molecule has 0 bridgehead atoms. The van der Waals surface area contributed by atoms with Crippen LogP contribution in [-0.4, -0.2) is 17.2 Å². The lowest BCUT2D eigenvalue weighted by Gasteiger charge is -2.09. The van der Waals surface area contributed by atoms with E-state index >= 15 is 0 Å². The second-order valence-corrected chi connectivity index (χ2v) is 3.18. The Hall–Kier alpha value is -1.93. The van der Waals surface area contributed by atoms with Crippen LogP contribution in [0.5, 0.6) is 0 Å². The second kappa shape index (κ2) is 5.24. The second-order valence-electron chi connectivity index (χ2n) is 3.18. The first-order valence-electron chi connectivity index (χ1n) is 4.58. The number of ether oxygens (including phenoxy) is 1. The van der Waals surface area contributed by atoms with Crippen LogP contribution in [0.2, 0.25) is 0 Å². The zero-order valence-electron chi connectivity index (χ0n) is 8.61. The molecule has 0 aliphatic carbocycles. The third-order valence-corrected chi connectivity index (χ3v) is 2.04. The minimum Gasteiger partial charge on any atom is -0.479 e. The highest BCUT2D eigenvalue weighted by Crippen LogP contribution is 2.13. The Morgan fingerprint density at radius 3 is 2.94 bits per heavy atom. The van der Waals surface area contributed by atoms with Gasteiger partial charge >= 0.3 is 5.97 Å². The average Bonchev–Trinajstić information content (AvgIpc) is 2.27. The third kappa shape index (κ3) is 2.78. The predicted octanol–water partition coefficient (Wildman–Crippen LogP) is 1.69. The number of carboxylic acids is 1. The van der Waals surface area contributed by atoms with Crippen LogP contribution in [0.3, 0.4) is 0 Å². The van der Waals surface area contributed by atoms with E-state index in [1.807, 2.05) is 0 Å². The van der Waals surface area contributed by atoms with Crippen molar-refractivity contribution in [2.75, 3.05) is 0 Å². The van der Waals surface area contributed by atoms with Crippen LogP contribution in [0.4, 0.5) is 4.39 Å². The molecule has 0 amide bonds. The van der Waals surface area contributed by atoms with Crippen LogP contribution >= 0.6 is 0 Å². The first kappa shape index (κ1) is 12.1. The molecule has 1 aromatic rings. The van der Waals surface area contributed by atoms with Crippen molar-refractivity contribution in [1.82, 2.24) is 0 Å². The molecule has 0 heterocycles. The molecule has 1 rings (SSSR count). The number of hydrogen-bond donors (Lipinski definition) is 1. The van der Waals surface area contributed by atoms with Crippen LogP contribution in [0.1, 0.15) is 18.1 Å². The summed E-state index contributed by atoms with van der Waals surface area (Å²) in [5, 5.41) is 17.1. The van der Waals surface area contributed by atoms with Gasteiger partial charge in [0.2, 0.25) is 0 Å². The first-order chi connectivity index (χ1) is 7.56. The zero-order chi connectivity index (χ0) is 12.1. The summed E-state index contributed by atoms with van der Waals surface area (Å²) in [7, 11) is 0. The highest BCUT2D eigenvalue weighted by molar-refractivity contribution is 5.71. The summed E-state index contributed by atoms with van der Waals surface area (Å²) in [5.74, 6) is -1.78. The monoisotopic (exact) mass is 223 g/mol. The lowest BCUT2D eigenvalue weighted by atomic mass is 10.1. The van der Waals surface area contributed by atoms with Gasteiger partial charge in [-0.15, -0.1) is 0 Å². The topological polar surface area (TPSA) is 70.3 Å². The fourth-order valence-electron chi connectivity index (χ4n) is 1.06. The molecular formula is C11H10FNO3. The van der Waals surface area contributed by atoms with E-state index in [-0.39, 0.29) is 17.7 Å². The Kier molecular flexibility index (Phi) is 3.97. The van der Waals surface area contributed by atoms with E-state index in [1.54, 1.807) is 6.07 Å². The minimum atomic E-state index is -1.11. The smallest absolute Gasteiger partial charge is 0.332 e. The first-order valence-corrected chi connectivity index (χ1v) is 4.58. The normalized spacial score (nSPS) is 11.8. The molecule has 0 unspecified atom stereocenters. The van der Waals surface area contributed by atoms with Gasteiger partial charge in [-0.2, -0.15) is 5.26 Å². The van der Waals surface area contributed by atoms with Crippen LogP contribution in [0.25, 0.3) is 0 Å². The van der Waals surface area contributed by atoms with Crippen LogP contribution in [0, 0.1) is 17.1 Å². The molecule has 0 aliphatic rings. The Morgan fingerprint density at radius 1 is 1.69 bits per heavy atom. The fourth-order valence-corrected chi connectivity index (χ4v) is 1.06. The lowest BCUT2D eigenvalue weighted by Crippen LogP contribution is -2.19. The van der Waals surface area contributed by atoms with Gasteiger partial charge in [0.05, 0.1) is 12.2 Å². The van der Waals surface area contributed by atoms with E-state index in [9.17, 15) is 9.18 Å². The number of nitriles is 1. The number of rotatable bonds is 4. The van der Waals surface area contributed by atoms with Crippen molar-refractivity contribution in [3.05, 3.63) is 35.1 Å². The maximum Gasteiger partial charge on any atom is 0.332 e. The molecule has 0 aromatic heterocycles. The van der Waals surface area contributed by atoms with Gasteiger partial charge in [-0.3, -0.25) is 0 Å². The molecule has 16 heavy (non-hydrogen) atoms. The number of carbonyl (C=O) groups is 1. The highest BCUT2D eigenvalue weighted by atomic mass is 19.1. The molecule has 5 heteroatoms. The zero-order valence-corrected chi connectivity index (χ0v) is 8.61. The van der Waals surface area contributed by atoms with Crippen molar-refractivity contribution in [2.45, 2.75) is 19.6 Å². The molecule has 0 saturated carbocycles. The maximum absolute atomic E-state index is 13.5. The highest BCUT2D eigenvalue weighted by Gasteiger charge is 2.13. The van der Waals surface area contributed by atoms with Crippen molar-refractivity contribution >= 4 is 5.97 Å². The van der Waals surface area contributed by atoms with Crippen LogP contribution in [-0.2, 0) is 16.1 Å². The van der Waals surface area contributed by atoms with Gasteiger partial charge in [-0.25, -0.2) is 9.18 Å². The van der Waals surface area contributed by atoms with Gasteiger partial charge in [-0.1, -0.05) is 12.1 Å². The Labute approximate surface area is 91.9 Å². The van der Waals surface area contributed by atoms with E-state index < -0.39 is 17.9 Å². The molecule has 0 spiro atoms. The third-order valence-electron chi connectivity index (χ3n) is 2.04. The molecule has 0 saturated heterocycles. The molecule has 0 radical (unpaired) electrons. The molecule has 4 nitrogen and oxygen atoms in total. The number of hydrogen-bond acceptors (Lipinski definition) is 3. The summed E-state index contributed by atoms with van der Waals surface area (Å²) >= 11 is 0. The maximum atomic E-state index is 13.5. The van der Waals surface area contributed by atoms with E-state index in [0.29, 0.717) is 0 Å². The molecule has 1 aromatic carbocycles. The summed E-state index contributed by atoms with van der Waals surface area (Å²) in [6.45, 7) is 1.18. The molecule has 0 aliphatic heterocycles. The predicted molar refractivity (Wildman–Crippen MR) is 53.0 cm³/mol. The summed E-state index contributed by atoms with van der Waals surface area (Å²) in [4.78, 5) is 10.5. The van der Waals surface area contributed by atoms with Gasteiger partial charge < -0.3 is 9.84 Å². The lowest BCUT2D eigenvalue weighted by molar-refractivity contribution is -0.149. The summed E-state index contributed by atoms with van der Waals surface area (Å²) in [5.41, 5.74) is 0.0937. The van der Waals surface area contributed by atoms with E-state index in [4.69, 9.17) is 15.1 Å². The fraction of sp³-hybridized carbons (Fsp3) is 0.273. The van der Waals surface area contributed by atoms with Gasteiger partial charge in [-0.05, 0) is 13.0 Å². The van der Waals surface area contributed by atoms with E-state index in [2.05, 4.69) is 0 Å². The van der Waals surface area contributed by atoms with Gasteiger partial charge in [0.25, 0.3) is 0 Å². The average molecular weight is 223 g/mol. The van der Waals surface area contributed by atoms with Crippen molar-refractivity contribution in [1.29, 1.82) is 5.26 Å². The van der Waals surface area contributed by atoms with Gasteiger partial charge in [0.1, 0.15) is 11.9 Å².